The van der Waals surface area contributed by atoms with E-state index in [-0.39, 0.29) is 28.2 Å². The highest BCUT2D eigenvalue weighted by atomic mass is 16.3. The smallest absolute Gasteiger partial charge is 0.200 e. The normalized spacial score (nSPS) is 16.7. The summed E-state index contributed by atoms with van der Waals surface area (Å²) in [6.07, 6.45) is 5.65. The van der Waals surface area contributed by atoms with Gasteiger partial charge in [-0.15, -0.1) is 0 Å². The van der Waals surface area contributed by atoms with Crippen molar-refractivity contribution in [1.82, 2.24) is 0 Å². The third-order valence-corrected chi connectivity index (χ3v) is 3.59. The highest BCUT2D eigenvalue weighted by molar-refractivity contribution is 6.37. The van der Waals surface area contributed by atoms with Gasteiger partial charge in [-0.3, -0.25) is 19.2 Å². The predicted molar refractivity (Wildman–Crippen MR) is 80.8 cm³/mol. The van der Waals surface area contributed by atoms with Crippen molar-refractivity contribution in [1.29, 1.82) is 0 Å². The second-order valence-corrected chi connectivity index (χ2v) is 5.04. The second kappa shape index (κ2) is 5.46. The van der Waals surface area contributed by atoms with E-state index in [4.69, 9.17) is 0 Å². The van der Waals surface area contributed by atoms with E-state index in [1.54, 1.807) is 0 Å². The van der Waals surface area contributed by atoms with Crippen molar-refractivity contribution < 1.29 is 24.3 Å². The van der Waals surface area contributed by atoms with Gasteiger partial charge in [-0.25, -0.2) is 0 Å². The lowest BCUT2D eigenvalue weighted by Crippen LogP contribution is -2.22. The van der Waals surface area contributed by atoms with Crippen LogP contribution >= 0.6 is 0 Å². The molecule has 0 bridgehead atoms. The summed E-state index contributed by atoms with van der Waals surface area (Å²) in [6, 6.07) is 5.42. The van der Waals surface area contributed by atoms with Gasteiger partial charge in [0.1, 0.15) is 5.75 Å². The van der Waals surface area contributed by atoms with E-state index in [1.165, 1.54) is 48.6 Å². The molecule has 0 saturated carbocycles. The van der Waals surface area contributed by atoms with Gasteiger partial charge in [0, 0.05) is 5.56 Å². The van der Waals surface area contributed by atoms with Gasteiger partial charge in [0.15, 0.2) is 17.9 Å². The van der Waals surface area contributed by atoms with Crippen LogP contribution in [0.5, 0.6) is 5.75 Å². The fraction of sp³-hybridized carbons (Fsp3) is 0. The molecule has 1 aromatic rings. The summed E-state index contributed by atoms with van der Waals surface area (Å²) in [5.41, 5.74) is 0.572. The van der Waals surface area contributed by atoms with E-state index in [2.05, 4.69) is 0 Å². The quantitative estimate of drug-likeness (QED) is 0.521. The second-order valence-electron chi connectivity index (χ2n) is 5.04. The number of carbonyl (C=O) groups is 4. The Morgan fingerprint density at radius 1 is 1.00 bits per heavy atom. The molecular weight excluding hydrogens is 296 g/mol. The minimum atomic E-state index is -0.677. The first-order chi connectivity index (χ1) is 11.0. The van der Waals surface area contributed by atoms with E-state index in [0.717, 1.165) is 0 Å². The number of hydrogen-bond donors (Lipinski definition) is 1. The van der Waals surface area contributed by atoms with E-state index in [1.807, 2.05) is 0 Å². The number of ketones is 3. The van der Waals surface area contributed by atoms with Gasteiger partial charge in [0.2, 0.25) is 5.78 Å². The SMILES string of the molecule is O=CC1=C2C=CC(=O)C=C2C=C(C(=O)c2ccc(O)cc2)C1=O. The van der Waals surface area contributed by atoms with Crippen molar-refractivity contribution in [3.63, 3.8) is 0 Å². The molecule has 0 atom stereocenters. The van der Waals surface area contributed by atoms with Crippen molar-refractivity contribution in [2.24, 2.45) is 0 Å². The zero-order valence-electron chi connectivity index (χ0n) is 11.8. The summed E-state index contributed by atoms with van der Waals surface area (Å²) < 4.78 is 0. The number of phenolic OH excluding ortho intramolecular Hbond substituents is 1. The van der Waals surface area contributed by atoms with Gasteiger partial charge in [-0.05, 0) is 59.7 Å². The van der Waals surface area contributed by atoms with Gasteiger partial charge in [-0.1, -0.05) is 0 Å². The molecule has 0 saturated heterocycles. The summed E-state index contributed by atoms with van der Waals surface area (Å²) in [5, 5.41) is 9.26. The van der Waals surface area contributed by atoms with Crippen molar-refractivity contribution in [2.45, 2.75) is 0 Å². The maximum absolute atomic E-state index is 12.5. The minimum absolute atomic E-state index is 0.00742. The molecule has 3 rings (SSSR count). The van der Waals surface area contributed by atoms with Gasteiger partial charge < -0.3 is 5.11 Å². The molecule has 5 nitrogen and oxygen atoms in total. The van der Waals surface area contributed by atoms with E-state index >= 15 is 0 Å². The standard InChI is InChI=1S/C18H10O5/c19-9-16-14-6-5-13(21)7-11(14)8-15(18(16)23)17(22)10-1-3-12(20)4-2-10/h1-9,20H. The van der Waals surface area contributed by atoms with Crippen molar-refractivity contribution in [3.05, 3.63) is 76.4 Å². The summed E-state index contributed by atoms with van der Waals surface area (Å²) in [6.45, 7) is 0. The highest BCUT2D eigenvalue weighted by Gasteiger charge is 2.30. The molecule has 2 aliphatic rings. The van der Waals surface area contributed by atoms with Gasteiger partial charge in [0.25, 0.3) is 0 Å². The molecule has 0 spiro atoms. The first-order valence-electron chi connectivity index (χ1n) is 6.75. The molecule has 0 unspecified atom stereocenters. The van der Waals surface area contributed by atoms with Crippen LogP contribution in [0.1, 0.15) is 10.4 Å². The Morgan fingerprint density at radius 3 is 2.35 bits per heavy atom. The van der Waals surface area contributed by atoms with Crippen molar-refractivity contribution >= 4 is 23.6 Å². The number of aromatic hydroxyl groups is 1. The number of allylic oxidation sites excluding steroid dienone is 8. The lowest BCUT2D eigenvalue weighted by Gasteiger charge is -2.18. The van der Waals surface area contributed by atoms with Gasteiger partial charge >= 0.3 is 0 Å². The molecule has 0 radical (unpaired) electrons. The topological polar surface area (TPSA) is 88.5 Å². The fourth-order valence-electron chi connectivity index (χ4n) is 2.45. The number of carbonyl (C=O) groups excluding carboxylic acids is 4. The summed E-state index contributed by atoms with van der Waals surface area (Å²) >= 11 is 0. The number of fused-ring (bicyclic) bond motifs is 1. The number of Topliss-reactive ketones (excluding diaryl/α,β-unsaturated/α-hetero) is 2. The Labute approximate surface area is 130 Å². The monoisotopic (exact) mass is 306 g/mol. The Bertz CT molecular complexity index is 876. The minimum Gasteiger partial charge on any atom is -0.508 e. The van der Waals surface area contributed by atoms with Crippen LogP contribution in [0.4, 0.5) is 0 Å². The van der Waals surface area contributed by atoms with Crippen LogP contribution in [0.15, 0.2) is 70.9 Å². The number of phenols is 1. The Morgan fingerprint density at radius 2 is 1.70 bits per heavy atom. The molecule has 1 aromatic carbocycles. The van der Waals surface area contributed by atoms with Crippen LogP contribution < -0.4 is 0 Å². The molecule has 23 heavy (non-hydrogen) atoms. The Balaban J connectivity index is 2.08. The Hall–Kier alpha value is -3.34. The third kappa shape index (κ3) is 2.48. The predicted octanol–water partition coefficient (Wildman–Crippen LogP) is 1.64. The molecule has 1 N–H and O–H groups in total. The lowest BCUT2D eigenvalue weighted by molar-refractivity contribution is -0.115. The molecule has 0 aromatic heterocycles. The molecular formula is C18H10O5. The summed E-state index contributed by atoms with van der Waals surface area (Å²) in [5.74, 6) is -1.54. The van der Waals surface area contributed by atoms with Crippen molar-refractivity contribution in [3.8, 4) is 5.75 Å². The summed E-state index contributed by atoms with van der Waals surface area (Å²) in [7, 11) is 0. The summed E-state index contributed by atoms with van der Waals surface area (Å²) in [4.78, 5) is 47.6. The molecule has 0 amide bonds. The first kappa shape index (κ1) is 14.6. The molecule has 112 valence electrons. The molecule has 0 heterocycles. The lowest BCUT2D eigenvalue weighted by atomic mass is 9.82. The average molecular weight is 306 g/mol. The molecule has 5 heteroatoms. The van der Waals surface area contributed by atoms with Crippen LogP contribution in [0, 0.1) is 0 Å². The van der Waals surface area contributed by atoms with Crippen molar-refractivity contribution in [2.75, 3.05) is 0 Å². The van der Waals surface area contributed by atoms with E-state index in [9.17, 15) is 24.3 Å². The number of rotatable bonds is 3. The zero-order valence-corrected chi connectivity index (χ0v) is 11.8. The fourth-order valence-corrected chi connectivity index (χ4v) is 2.45. The maximum Gasteiger partial charge on any atom is 0.200 e. The molecule has 0 fully saturated rings. The van der Waals surface area contributed by atoms with Crippen LogP contribution in [-0.4, -0.2) is 28.7 Å². The maximum atomic E-state index is 12.5. The van der Waals surface area contributed by atoms with Crippen LogP contribution in [0.25, 0.3) is 0 Å². The Kier molecular flexibility index (Phi) is 3.46. The third-order valence-electron chi connectivity index (χ3n) is 3.59. The van der Waals surface area contributed by atoms with E-state index < -0.39 is 11.6 Å². The molecule has 0 aliphatic heterocycles. The largest absolute Gasteiger partial charge is 0.508 e. The number of benzene rings is 1. The number of hydrogen-bond acceptors (Lipinski definition) is 5. The van der Waals surface area contributed by atoms with Gasteiger partial charge in [0.05, 0.1) is 11.1 Å². The zero-order chi connectivity index (χ0) is 16.6. The average Bonchev–Trinajstić information content (AvgIpc) is 2.54. The molecule has 2 aliphatic carbocycles. The number of aldehydes is 1. The first-order valence-corrected chi connectivity index (χ1v) is 6.75. The van der Waals surface area contributed by atoms with Crippen LogP contribution in [0.3, 0.4) is 0 Å². The van der Waals surface area contributed by atoms with Crippen LogP contribution in [-0.2, 0) is 14.4 Å². The van der Waals surface area contributed by atoms with Crippen LogP contribution in [0.2, 0.25) is 0 Å². The van der Waals surface area contributed by atoms with Gasteiger partial charge in [-0.2, -0.15) is 0 Å². The highest BCUT2D eigenvalue weighted by Crippen LogP contribution is 2.30. The van der Waals surface area contributed by atoms with E-state index in [0.29, 0.717) is 17.4 Å².